The molecule has 0 aliphatic rings. The third-order valence-electron chi connectivity index (χ3n) is 1.91. The zero-order valence-corrected chi connectivity index (χ0v) is 8.28. The van der Waals surface area contributed by atoms with Crippen LogP contribution >= 0.6 is 0 Å². The lowest BCUT2D eigenvalue weighted by Crippen LogP contribution is -2.15. The first-order valence-corrected chi connectivity index (χ1v) is 4.42. The first-order valence-electron chi connectivity index (χ1n) is 4.42. The number of nitrogens with zero attached hydrogens (tertiary/aromatic N) is 2. The Kier molecular flexibility index (Phi) is 2.69. The van der Waals surface area contributed by atoms with Crippen molar-refractivity contribution in [1.29, 1.82) is 0 Å². The van der Waals surface area contributed by atoms with Gasteiger partial charge in [0.15, 0.2) is 0 Å². The molecule has 0 saturated heterocycles. The molecule has 17 heavy (non-hydrogen) atoms. The van der Waals surface area contributed by atoms with Crippen molar-refractivity contribution in [3.63, 3.8) is 0 Å². The fourth-order valence-corrected chi connectivity index (χ4v) is 1.13. The van der Waals surface area contributed by atoms with Crippen LogP contribution in [0.25, 0.3) is 0 Å². The number of amides is 1. The number of nitrogen functional groups attached to an aromatic ring is 1. The van der Waals surface area contributed by atoms with Gasteiger partial charge in [-0.25, -0.2) is 13.4 Å². The Morgan fingerprint density at radius 2 is 2.12 bits per heavy atom. The van der Waals surface area contributed by atoms with E-state index in [1.807, 2.05) is 0 Å². The molecule has 2 rings (SSSR count). The van der Waals surface area contributed by atoms with Crippen LogP contribution in [-0.4, -0.2) is 16.2 Å². The summed E-state index contributed by atoms with van der Waals surface area (Å²) < 4.78 is 30.2. The minimum atomic E-state index is -0.840. The number of benzene rings is 1. The lowest BCUT2D eigenvalue weighted by Gasteiger charge is -2.04. The summed E-state index contributed by atoms with van der Waals surface area (Å²) in [6, 6.07) is 2.64. The van der Waals surface area contributed by atoms with Gasteiger partial charge in [-0.3, -0.25) is 4.79 Å². The van der Waals surface area contributed by atoms with E-state index < -0.39 is 17.5 Å². The van der Waals surface area contributed by atoms with Crippen molar-refractivity contribution in [3.05, 3.63) is 35.5 Å². The molecule has 8 heteroatoms. The first-order chi connectivity index (χ1) is 8.08. The molecule has 1 amide bonds. The van der Waals surface area contributed by atoms with E-state index in [2.05, 4.69) is 20.3 Å². The zero-order valence-electron chi connectivity index (χ0n) is 8.28. The van der Waals surface area contributed by atoms with Crippen LogP contribution in [-0.2, 0) is 0 Å². The second-order valence-corrected chi connectivity index (χ2v) is 3.08. The van der Waals surface area contributed by atoms with Crippen molar-refractivity contribution in [2.24, 2.45) is 0 Å². The van der Waals surface area contributed by atoms with Gasteiger partial charge in [0, 0.05) is 6.07 Å². The molecule has 0 aliphatic carbocycles. The number of nitrogens with two attached hydrogens (primary N) is 1. The maximum absolute atomic E-state index is 13.2. The molecule has 0 fully saturated rings. The second-order valence-electron chi connectivity index (χ2n) is 3.08. The average molecular weight is 240 g/mol. The maximum atomic E-state index is 13.2. The molecule has 1 heterocycles. The van der Waals surface area contributed by atoms with Crippen molar-refractivity contribution in [2.45, 2.75) is 0 Å². The van der Waals surface area contributed by atoms with Gasteiger partial charge in [0.2, 0.25) is 11.5 Å². The van der Waals surface area contributed by atoms with E-state index in [0.29, 0.717) is 0 Å². The largest absolute Gasteiger partial charge is 0.379 e. The molecule has 0 atom stereocenters. The Bertz CT molecular complexity index is 570. The molecular formula is C9H6F2N4O2. The van der Waals surface area contributed by atoms with Crippen LogP contribution in [0.5, 0.6) is 0 Å². The number of hydrogen-bond acceptors (Lipinski definition) is 5. The average Bonchev–Trinajstić information content (AvgIpc) is 2.70. The summed E-state index contributed by atoms with van der Waals surface area (Å²) in [6.07, 6.45) is 0. The van der Waals surface area contributed by atoms with Gasteiger partial charge < -0.3 is 11.1 Å². The smallest absolute Gasteiger partial charge is 0.281 e. The molecule has 0 unspecified atom stereocenters. The van der Waals surface area contributed by atoms with Crippen LogP contribution in [0.1, 0.15) is 10.5 Å². The van der Waals surface area contributed by atoms with Crippen LogP contribution in [0.3, 0.4) is 0 Å². The molecule has 1 aromatic carbocycles. The zero-order chi connectivity index (χ0) is 12.4. The molecule has 0 spiro atoms. The van der Waals surface area contributed by atoms with Crippen molar-refractivity contribution < 1.29 is 18.2 Å². The molecule has 88 valence electrons. The summed E-state index contributed by atoms with van der Waals surface area (Å²) in [5, 5.41) is 8.50. The lowest BCUT2D eigenvalue weighted by atomic mass is 10.3. The minimum absolute atomic E-state index is 0.237. The highest BCUT2D eigenvalue weighted by Gasteiger charge is 2.17. The van der Waals surface area contributed by atoms with Crippen molar-refractivity contribution in [1.82, 2.24) is 10.3 Å². The van der Waals surface area contributed by atoms with Gasteiger partial charge in [-0.1, -0.05) is 0 Å². The quantitative estimate of drug-likeness (QED) is 0.821. The van der Waals surface area contributed by atoms with Gasteiger partial charge in [0.1, 0.15) is 11.6 Å². The van der Waals surface area contributed by atoms with Gasteiger partial charge in [0.05, 0.1) is 5.69 Å². The molecule has 0 radical (unpaired) electrons. The highest BCUT2D eigenvalue weighted by Crippen LogP contribution is 2.16. The van der Waals surface area contributed by atoms with Gasteiger partial charge in [-0.05, 0) is 22.4 Å². The lowest BCUT2D eigenvalue weighted by molar-refractivity contribution is 0.101. The highest BCUT2D eigenvalue weighted by molar-refractivity contribution is 6.05. The number of rotatable bonds is 2. The number of hydrogen-bond donors (Lipinski definition) is 2. The molecule has 0 saturated carbocycles. The van der Waals surface area contributed by atoms with E-state index >= 15 is 0 Å². The Balaban J connectivity index is 2.24. The van der Waals surface area contributed by atoms with Gasteiger partial charge in [-0.15, -0.1) is 0 Å². The van der Waals surface area contributed by atoms with Gasteiger partial charge in [-0.2, -0.15) is 0 Å². The Morgan fingerprint density at radius 1 is 1.35 bits per heavy atom. The monoisotopic (exact) mass is 240 g/mol. The predicted octanol–water partition coefficient (Wildman–Crippen LogP) is 1.18. The van der Waals surface area contributed by atoms with E-state index in [4.69, 9.17) is 5.73 Å². The summed E-state index contributed by atoms with van der Waals surface area (Å²) in [6.45, 7) is 0. The number of anilines is 2. The van der Waals surface area contributed by atoms with Crippen molar-refractivity contribution in [3.8, 4) is 0 Å². The topological polar surface area (TPSA) is 94.0 Å². The molecule has 0 bridgehead atoms. The first kappa shape index (κ1) is 11.0. The second kappa shape index (κ2) is 4.16. The highest BCUT2D eigenvalue weighted by atomic mass is 19.1. The third-order valence-corrected chi connectivity index (χ3v) is 1.91. The van der Waals surface area contributed by atoms with Crippen LogP contribution in [0, 0.1) is 11.6 Å². The Labute approximate surface area is 93.4 Å². The standard InChI is InChI=1S/C9H6F2N4O2/c10-4-1-2-5(11)6(3-4)13-9(16)7-8(12)15-17-14-7/h1-3H,(H2,12,15)(H,13,16). The van der Waals surface area contributed by atoms with Crippen LogP contribution in [0.2, 0.25) is 0 Å². The van der Waals surface area contributed by atoms with Gasteiger partial charge in [0.25, 0.3) is 5.91 Å². The number of halogens is 2. The fourth-order valence-electron chi connectivity index (χ4n) is 1.13. The third kappa shape index (κ3) is 2.19. The SMILES string of the molecule is Nc1nonc1C(=O)Nc1cc(F)ccc1F. The summed E-state index contributed by atoms with van der Waals surface area (Å²) in [4.78, 5) is 11.5. The molecule has 2 aromatic rings. The summed E-state index contributed by atoms with van der Waals surface area (Å²) in [5.41, 5.74) is 4.65. The van der Waals surface area contributed by atoms with Crippen LogP contribution in [0.15, 0.2) is 22.8 Å². The fraction of sp³-hybridized carbons (Fsp3) is 0. The van der Waals surface area contributed by atoms with Crippen LogP contribution in [0.4, 0.5) is 20.3 Å². The molecule has 0 aliphatic heterocycles. The molecular weight excluding hydrogens is 234 g/mol. The number of nitrogens with one attached hydrogen (secondary N) is 1. The van der Waals surface area contributed by atoms with Gasteiger partial charge >= 0.3 is 0 Å². The van der Waals surface area contributed by atoms with E-state index in [-0.39, 0.29) is 17.2 Å². The summed E-state index contributed by atoms with van der Waals surface area (Å²) in [5.74, 6) is -2.55. The Hall–Kier alpha value is -2.51. The van der Waals surface area contributed by atoms with Crippen molar-refractivity contribution >= 4 is 17.4 Å². The molecule has 6 nitrogen and oxygen atoms in total. The Morgan fingerprint density at radius 3 is 2.76 bits per heavy atom. The predicted molar refractivity (Wildman–Crippen MR) is 53.0 cm³/mol. The number of aromatic nitrogens is 2. The van der Waals surface area contributed by atoms with E-state index in [0.717, 1.165) is 18.2 Å². The van der Waals surface area contributed by atoms with Crippen molar-refractivity contribution in [2.75, 3.05) is 11.1 Å². The van der Waals surface area contributed by atoms with E-state index in [9.17, 15) is 13.6 Å². The summed E-state index contributed by atoms with van der Waals surface area (Å²) >= 11 is 0. The minimum Gasteiger partial charge on any atom is -0.379 e. The number of carbonyl (C=O) groups excluding carboxylic acids is 1. The van der Waals surface area contributed by atoms with E-state index in [1.54, 1.807) is 0 Å². The van der Waals surface area contributed by atoms with Crippen LogP contribution < -0.4 is 11.1 Å². The molecule has 3 N–H and O–H groups in total. The number of carbonyl (C=O) groups is 1. The molecule has 1 aromatic heterocycles. The maximum Gasteiger partial charge on any atom is 0.281 e. The summed E-state index contributed by atoms with van der Waals surface area (Å²) in [7, 11) is 0. The normalized spacial score (nSPS) is 10.2. The van der Waals surface area contributed by atoms with E-state index in [1.165, 1.54) is 0 Å².